The van der Waals surface area contributed by atoms with Crippen molar-refractivity contribution in [3.8, 4) is 102 Å². The summed E-state index contributed by atoms with van der Waals surface area (Å²) in [5, 5.41) is 11.3. The van der Waals surface area contributed by atoms with Crippen LogP contribution in [0.25, 0.3) is 223 Å². The van der Waals surface area contributed by atoms with Crippen molar-refractivity contribution in [3.05, 3.63) is 382 Å². The number of aromatic nitrogens is 13. The zero-order valence-corrected chi connectivity index (χ0v) is 62.2. The Morgan fingerprint density at radius 3 is 0.845 bits per heavy atom. The average Bonchev–Trinajstić information content (AvgIpc) is 1.55. The van der Waals surface area contributed by atoms with Gasteiger partial charge in [-0.2, -0.15) is 0 Å². The molecule has 0 unspecified atom stereocenters. The van der Waals surface area contributed by atoms with Crippen molar-refractivity contribution >= 4 is 120 Å². The number of hydrogen-bond acceptors (Lipinski definition) is 9. The summed E-state index contributed by atoms with van der Waals surface area (Å²) in [6, 6.07) is 133. The molecule has 8 aromatic heterocycles. The molecule has 0 saturated heterocycles. The summed E-state index contributed by atoms with van der Waals surface area (Å²) >= 11 is 0. The monoisotopic (exact) mass is 1480 g/mol. The van der Waals surface area contributed by atoms with E-state index in [0.29, 0.717) is 23.3 Å². The van der Waals surface area contributed by atoms with E-state index in [0.717, 1.165) is 199 Å². The Morgan fingerprint density at radius 1 is 0.172 bits per heavy atom. The Kier molecular flexibility index (Phi) is 15.3. The van der Waals surface area contributed by atoms with Crippen LogP contribution in [0.5, 0.6) is 0 Å². The van der Waals surface area contributed by atoms with Gasteiger partial charge < -0.3 is 0 Å². The Hall–Kier alpha value is -16.0. The molecule has 0 N–H and O–H groups in total. The molecule has 0 atom stereocenters. The second-order valence-corrected chi connectivity index (χ2v) is 29.2. The molecular formula is C103H63N13. The van der Waals surface area contributed by atoms with Crippen LogP contribution in [0, 0.1) is 0 Å². The van der Waals surface area contributed by atoms with Crippen molar-refractivity contribution in [1.82, 2.24) is 62.8 Å². The predicted octanol–water partition coefficient (Wildman–Crippen LogP) is 24.9. The van der Waals surface area contributed by atoms with E-state index in [9.17, 15) is 0 Å². The zero-order valence-electron chi connectivity index (χ0n) is 62.2. The lowest BCUT2D eigenvalue weighted by molar-refractivity contribution is 0.981. The van der Waals surface area contributed by atoms with E-state index in [1.165, 1.54) is 0 Å². The van der Waals surface area contributed by atoms with Gasteiger partial charge in [0.05, 0.1) is 66.6 Å². The van der Waals surface area contributed by atoms with E-state index in [1.54, 1.807) is 0 Å². The largest absolute Gasteiger partial charge is 0.278 e. The van der Waals surface area contributed by atoms with Gasteiger partial charge in [-0.1, -0.05) is 303 Å². The average molecular weight is 1480 g/mol. The third-order valence-corrected chi connectivity index (χ3v) is 22.5. The standard InChI is InChI=1S/C52H32N6.C51H31N7/c1-3-15-34(16-4-1)45-32-46(35-17-5-2-6-18-35)54-50(53-45)36-29-27-33(28-30-36)41-31-42-38-20-10-13-25-47(38)57(49(42)39-21-8-7-19-37(39)41)52-56-43-23-11-9-22-40(43)51-55-44-24-12-14-26-48(44)58(51)52;1-3-15-33(16-4-1)47-54-48(34-17-5-2-6-18-34)56-49(55-47)35-29-27-32(28-30-35)40-31-41-37-20-10-13-25-44(37)57(46(41)38-21-8-7-19-36(38)40)51-53-42-23-11-9-22-39(42)50-52-43-24-12-14-26-45(43)58(50)51/h1-32H;1-31H. The van der Waals surface area contributed by atoms with Crippen molar-refractivity contribution in [2.24, 2.45) is 0 Å². The Labute approximate surface area is 663 Å². The Balaban J connectivity index is 0.000000137. The van der Waals surface area contributed by atoms with Crippen molar-refractivity contribution in [1.29, 1.82) is 0 Å². The fraction of sp³-hybridized carbons (Fsp3) is 0. The van der Waals surface area contributed by atoms with Gasteiger partial charge in [0.2, 0.25) is 11.9 Å². The maximum Gasteiger partial charge on any atom is 0.221 e. The van der Waals surface area contributed by atoms with Gasteiger partial charge in [-0.25, -0.2) is 44.9 Å². The minimum Gasteiger partial charge on any atom is -0.278 e. The second-order valence-electron chi connectivity index (χ2n) is 29.2. The van der Waals surface area contributed by atoms with Crippen LogP contribution in [-0.2, 0) is 0 Å². The zero-order chi connectivity index (χ0) is 76.3. The van der Waals surface area contributed by atoms with Crippen LogP contribution >= 0.6 is 0 Å². The van der Waals surface area contributed by atoms with Crippen LogP contribution in [-0.4, -0.2) is 62.8 Å². The molecule has 0 aliphatic carbocycles. The molecule has 116 heavy (non-hydrogen) atoms. The molecular weight excluding hydrogens is 1420 g/mol. The Bertz CT molecular complexity index is 7460. The molecule has 0 aliphatic rings. The van der Waals surface area contributed by atoms with Gasteiger partial charge in [0.25, 0.3) is 0 Å². The summed E-state index contributed by atoms with van der Waals surface area (Å²) < 4.78 is 9.12. The highest BCUT2D eigenvalue weighted by molar-refractivity contribution is 6.24. The number of fused-ring (bicyclic) bond motifs is 20. The molecule has 0 saturated carbocycles. The van der Waals surface area contributed by atoms with Gasteiger partial charge >= 0.3 is 0 Å². The number of para-hydroxylation sites is 8. The SMILES string of the molecule is c1ccc(-c2cc(-c3ccccc3)nc(-c3ccc(-c4cc5c6ccccc6n(-c6nc7ccccc7c7nc8ccccc8n67)c5c5ccccc45)cc3)n2)cc1.c1ccc(-c2nc(-c3ccccc3)nc(-c3ccc(-c4cc5c6ccccc6n(-c6nc7ccccc7c7nc8ccccc8n67)c5c5ccccc45)cc3)n2)cc1. The number of hydrogen-bond donors (Lipinski definition) is 0. The molecule has 0 amide bonds. The highest BCUT2D eigenvalue weighted by Crippen LogP contribution is 2.46. The van der Waals surface area contributed by atoms with Gasteiger partial charge in [0, 0.05) is 76.5 Å². The molecule has 540 valence electrons. The third kappa shape index (κ3) is 10.8. The fourth-order valence-corrected chi connectivity index (χ4v) is 17.1. The quantitative estimate of drug-likeness (QED) is 0.131. The van der Waals surface area contributed by atoms with Gasteiger partial charge in [0.15, 0.2) is 23.3 Å². The summed E-state index contributed by atoms with van der Waals surface area (Å²) in [5.41, 5.74) is 24.1. The molecule has 16 aromatic carbocycles. The highest BCUT2D eigenvalue weighted by atomic mass is 15.2. The van der Waals surface area contributed by atoms with E-state index in [2.05, 4.69) is 279 Å². The lowest BCUT2D eigenvalue weighted by Gasteiger charge is -2.15. The summed E-state index contributed by atoms with van der Waals surface area (Å²) in [7, 11) is 0. The first-order valence-electron chi connectivity index (χ1n) is 38.8. The van der Waals surface area contributed by atoms with Gasteiger partial charge in [0.1, 0.15) is 11.3 Å². The predicted molar refractivity (Wildman–Crippen MR) is 472 cm³/mol. The molecule has 0 spiro atoms. The summed E-state index contributed by atoms with van der Waals surface area (Å²) in [4.78, 5) is 46.2. The first-order valence-corrected chi connectivity index (χ1v) is 38.8. The molecule has 13 heteroatoms. The molecule has 0 aliphatic heterocycles. The normalized spacial score (nSPS) is 11.8. The van der Waals surface area contributed by atoms with Crippen molar-refractivity contribution in [2.75, 3.05) is 0 Å². The van der Waals surface area contributed by atoms with Gasteiger partial charge in [-0.05, 0) is 112 Å². The first-order chi connectivity index (χ1) is 57.5. The lowest BCUT2D eigenvalue weighted by atomic mass is 9.94. The molecule has 24 rings (SSSR count). The van der Waals surface area contributed by atoms with Crippen LogP contribution < -0.4 is 0 Å². The third-order valence-electron chi connectivity index (χ3n) is 22.5. The molecule has 24 aromatic rings. The maximum absolute atomic E-state index is 5.42. The van der Waals surface area contributed by atoms with Gasteiger partial charge in [-0.15, -0.1) is 0 Å². The fourth-order valence-electron chi connectivity index (χ4n) is 17.1. The first kappa shape index (κ1) is 65.9. The maximum atomic E-state index is 5.42. The number of rotatable bonds is 10. The van der Waals surface area contributed by atoms with Crippen LogP contribution in [0.1, 0.15) is 0 Å². The number of imidazole rings is 2. The molecule has 8 heterocycles. The van der Waals surface area contributed by atoms with E-state index < -0.39 is 0 Å². The van der Waals surface area contributed by atoms with Gasteiger partial charge in [-0.3, -0.25) is 17.9 Å². The minimum atomic E-state index is 0.629. The van der Waals surface area contributed by atoms with E-state index in [4.69, 9.17) is 44.9 Å². The van der Waals surface area contributed by atoms with Crippen molar-refractivity contribution in [2.45, 2.75) is 0 Å². The number of nitrogens with zero attached hydrogens (tertiary/aromatic N) is 13. The van der Waals surface area contributed by atoms with E-state index in [-0.39, 0.29) is 0 Å². The topological polar surface area (TPSA) is 135 Å². The van der Waals surface area contributed by atoms with Crippen LogP contribution in [0.2, 0.25) is 0 Å². The van der Waals surface area contributed by atoms with Crippen molar-refractivity contribution in [3.63, 3.8) is 0 Å². The molecule has 0 fully saturated rings. The number of benzene rings is 16. The highest BCUT2D eigenvalue weighted by Gasteiger charge is 2.27. The summed E-state index contributed by atoms with van der Waals surface area (Å²) in [5.74, 6) is 4.22. The van der Waals surface area contributed by atoms with E-state index >= 15 is 0 Å². The van der Waals surface area contributed by atoms with E-state index in [1.807, 2.05) is 121 Å². The molecule has 13 nitrogen and oxygen atoms in total. The summed E-state index contributed by atoms with van der Waals surface area (Å²) in [6.45, 7) is 0. The molecule has 0 bridgehead atoms. The second kappa shape index (κ2) is 26.9. The lowest BCUT2D eigenvalue weighted by Crippen LogP contribution is -2.06. The smallest absolute Gasteiger partial charge is 0.221 e. The van der Waals surface area contributed by atoms with Crippen LogP contribution in [0.3, 0.4) is 0 Å². The summed E-state index contributed by atoms with van der Waals surface area (Å²) in [6.07, 6.45) is 0. The van der Waals surface area contributed by atoms with Crippen LogP contribution in [0.15, 0.2) is 382 Å². The molecule has 0 radical (unpaired) electrons. The van der Waals surface area contributed by atoms with Crippen LogP contribution in [0.4, 0.5) is 0 Å². The Morgan fingerprint density at radius 2 is 0.457 bits per heavy atom. The minimum absolute atomic E-state index is 0.629. The van der Waals surface area contributed by atoms with Crippen molar-refractivity contribution < 1.29 is 0 Å².